The second-order valence-corrected chi connectivity index (χ2v) is 5.69. The first-order valence-corrected chi connectivity index (χ1v) is 7.29. The van der Waals surface area contributed by atoms with Crippen molar-refractivity contribution in [2.24, 2.45) is 0 Å². The summed E-state index contributed by atoms with van der Waals surface area (Å²) in [6.45, 7) is 2.18. The Balaban J connectivity index is 1.98. The molecule has 0 aliphatic carbocycles. The predicted octanol–water partition coefficient (Wildman–Crippen LogP) is 3.10. The lowest BCUT2D eigenvalue weighted by Gasteiger charge is -2.26. The van der Waals surface area contributed by atoms with Crippen molar-refractivity contribution in [3.05, 3.63) is 35.4 Å². The molecule has 0 bridgehead atoms. The third-order valence-corrected chi connectivity index (χ3v) is 4.38. The van der Waals surface area contributed by atoms with E-state index in [0.29, 0.717) is 12.1 Å². The number of nitrogens with one attached hydrogen (secondary N) is 1. The molecule has 2 atom stereocenters. The van der Waals surface area contributed by atoms with Crippen molar-refractivity contribution in [1.29, 1.82) is 5.26 Å². The van der Waals surface area contributed by atoms with Gasteiger partial charge in [-0.15, -0.1) is 0 Å². The maximum Gasteiger partial charge on any atom is 0.0991 e. The molecule has 1 aliphatic heterocycles. The van der Waals surface area contributed by atoms with Crippen LogP contribution in [0.1, 0.15) is 36.9 Å². The first kappa shape index (κ1) is 12.5. The summed E-state index contributed by atoms with van der Waals surface area (Å²) in [6, 6.07) is 11.0. The summed E-state index contributed by atoms with van der Waals surface area (Å²) in [5.41, 5.74) is 1.95. The maximum absolute atomic E-state index is 8.89. The molecule has 1 aliphatic rings. The average Bonchev–Trinajstić information content (AvgIpc) is 2.40. The highest BCUT2D eigenvalue weighted by Gasteiger charge is 2.16. The van der Waals surface area contributed by atoms with Crippen LogP contribution in [0.2, 0.25) is 0 Å². The molecule has 0 amide bonds. The van der Waals surface area contributed by atoms with Gasteiger partial charge in [-0.25, -0.2) is 0 Å². The molecule has 2 nitrogen and oxygen atoms in total. The van der Waals surface area contributed by atoms with Gasteiger partial charge in [0.2, 0.25) is 0 Å². The van der Waals surface area contributed by atoms with E-state index in [-0.39, 0.29) is 0 Å². The Kier molecular flexibility index (Phi) is 4.47. The zero-order chi connectivity index (χ0) is 12.1. The van der Waals surface area contributed by atoms with Crippen molar-refractivity contribution in [1.82, 2.24) is 5.32 Å². The fourth-order valence-electron chi connectivity index (χ4n) is 2.20. The molecule has 90 valence electrons. The topological polar surface area (TPSA) is 35.8 Å². The van der Waals surface area contributed by atoms with Gasteiger partial charge in [0.15, 0.2) is 0 Å². The molecule has 1 saturated heterocycles. The standard InChI is InChI=1S/C14H18N2S/c1-11(16-14-6-3-7-17-10-14)13-5-2-4-12(8-13)9-15/h2,4-5,8,11,14,16H,3,6-7,10H2,1H3. The highest BCUT2D eigenvalue weighted by atomic mass is 32.2. The Hall–Kier alpha value is -0.980. The molecule has 2 rings (SSSR count). The predicted molar refractivity (Wildman–Crippen MR) is 73.1 cm³/mol. The van der Waals surface area contributed by atoms with Crippen molar-refractivity contribution >= 4 is 11.8 Å². The second kappa shape index (κ2) is 6.09. The van der Waals surface area contributed by atoms with Gasteiger partial charge in [0, 0.05) is 17.8 Å². The second-order valence-electron chi connectivity index (χ2n) is 4.54. The van der Waals surface area contributed by atoms with Crippen LogP contribution in [0.3, 0.4) is 0 Å². The largest absolute Gasteiger partial charge is 0.307 e. The summed E-state index contributed by atoms with van der Waals surface area (Å²) in [4.78, 5) is 0. The van der Waals surface area contributed by atoms with Crippen LogP contribution in [0, 0.1) is 11.3 Å². The lowest BCUT2D eigenvalue weighted by atomic mass is 10.0. The van der Waals surface area contributed by atoms with E-state index >= 15 is 0 Å². The highest BCUT2D eigenvalue weighted by Crippen LogP contribution is 2.21. The smallest absolute Gasteiger partial charge is 0.0991 e. The van der Waals surface area contributed by atoms with Gasteiger partial charge >= 0.3 is 0 Å². The van der Waals surface area contributed by atoms with Gasteiger partial charge in [-0.05, 0) is 43.2 Å². The van der Waals surface area contributed by atoms with Crippen molar-refractivity contribution in [2.45, 2.75) is 31.8 Å². The minimum atomic E-state index is 0.326. The molecular formula is C14H18N2S. The Labute approximate surface area is 107 Å². The van der Waals surface area contributed by atoms with Gasteiger partial charge < -0.3 is 5.32 Å². The van der Waals surface area contributed by atoms with E-state index in [1.807, 2.05) is 30.0 Å². The number of hydrogen-bond donors (Lipinski definition) is 1. The van der Waals surface area contributed by atoms with E-state index in [0.717, 1.165) is 5.56 Å². The normalized spacial score (nSPS) is 21.8. The first-order valence-electron chi connectivity index (χ1n) is 6.13. The Bertz CT molecular complexity index is 405. The number of nitriles is 1. The molecule has 1 fully saturated rings. The monoisotopic (exact) mass is 246 g/mol. The number of benzene rings is 1. The molecule has 0 saturated carbocycles. The fraction of sp³-hybridized carbons (Fsp3) is 0.500. The van der Waals surface area contributed by atoms with E-state index in [1.54, 1.807) is 0 Å². The third kappa shape index (κ3) is 3.49. The van der Waals surface area contributed by atoms with E-state index in [1.165, 1.54) is 29.9 Å². The minimum absolute atomic E-state index is 0.326. The van der Waals surface area contributed by atoms with Gasteiger partial charge in [-0.1, -0.05) is 12.1 Å². The summed E-state index contributed by atoms with van der Waals surface area (Å²) < 4.78 is 0. The van der Waals surface area contributed by atoms with Crippen molar-refractivity contribution in [3.8, 4) is 6.07 Å². The molecule has 1 N–H and O–H groups in total. The number of rotatable bonds is 3. The summed E-state index contributed by atoms with van der Waals surface area (Å²) in [7, 11) is 0. The van der Waals surface area contributed by atoms with Crippen molar-refractivity contribution in [2.75, 3.05) is 11.5 Å². The van der Waals surface area contributed by atoms with Gasteiger partial charge in [-0.3, -0.25) is 0 Å². The third-order valence-electron chi connectivity index (χ3n) is 3.16. The van der Waals surface area contributed by atoms with Crippen LogP contribution < -0.4 is 5.32 Å². The van der Waals surface area contributed by atoms with Gasteiger partial charge in [-0.2, -0.15) is 17.0 Å². The van der Waals surface area contributed by atoms with Gasteiger partial charge in [0.1, 0.15) is 0 Å². The lowest BCUT2D eigenvalue weighted by Crippen LogP contribution is -2.35. The van der Waals surface area contributed by atoms with Crippen molar-refractivity contribution in [3.63, 3.8) is 0 Å². The summed E-state index contributed by atoms with van der Waals surface area (Å²) in [5, 5.41) is 12.5. The number of nitrogens with zero attached hydrogens (tertiary/aromatic N) is 1. The van der Waals surface area contributed by atoms with Crippen LogP contribution in [-0.4, -0.2) is 17.5 Å². The number of thioether (sulfide) groups is 1. The molecule has 3 heteroatoms. The average molecular weight is 246 g/mol. The van der Waals surface area contributed by atoms with Crippen LogP contribution in [0.5, 0.6) is 0 Å². The quantitative estimate of drug-likeness (QED) is 0.890. The first-order chi connectivity index (χ1) is 8.29. The molecule has 0 spiro atoms. The van der Waals surface area contributed by atoms with E-state index in [4.69, 9.17) is 5.26 Å². The zero-order valence-corrected chi connectivity index (χ0v) is 11.0. The number of hydrogen-bond acceptors (Lipinski definition) is 3. The summed E-state index contributed by atoms with van der Waals surface area (Å²) in [6.07, 6.45) is 2.59. The molecule has 1 heterocycles. The van der Waals surface area contributed by atoms with Crippen LogP contribution in [0.4, 0.5) is 0 Å². The Morgan fingerprint density at radius 3 is 3.12 bits per heavy atom. The van der Waals surface area contributed by atoms with E-state index in [2.05, 4.69) is 24.4 Å². The highest BCUT2D eigenvalue weighted by molar-refractivity contribution is 7.99. The minimum Gasteiger partial charge on any atom is -0.307 e. The van der Waals surface area contributed by atoms with Gasteiger partial charge in [0.25, 0.3) is 0 Å². The molecule has 1 aromatic rings. The molecule has 0 aromatic heterocycles. The van der Waals surface area contributed by atoms with Crippen molar-refractivity contribution < 1.29 is 0 Å². The molecule has 0 radical (unpaired) electrons. The van der Waals surface area contributed by atoms with Crippen LogP contribution in [0.25, 0.3) is 0 Å². The molecule has 17 heavy (non-hydrogen) atoms. The van der Waals surface area contributed by atoms with Crippen LogP contribution in [0.15, 0.2) is 24.3 Å². The molecular weight excluding hydrogens is 228 g/mol. The maximum atomic E-state index is 8.89. The molecule has 2 unspecified atom stereocenters. The SMILES string of the molecule is CC(NC1CCCSC1)c1cccc(C#N)c1. The van der Waals surface area contributed by atoms with Crippen LogP contribution in [-0.2, 0) is 0 Å². The fourth-order valence-corrected chi connectivity index (χ4v) is 3.28. The zero-order valence-electron chi connectivity index (χ0n) is 10.1. The van der Waals surface area contributed by atoms with Gasteiger partial charge in [0.05, 0.1) is 11.6 Å². The van der Waals surface area contributed by atoms with Crippen LogP contribution >= 0.6 is 11.8 Å². The van der Waals surface area contributed by atoms with E-state index in [9.17, 15) is 0 Å². The molecule has 1 aromatic carbocycles. The Morgan fingerprint density at radius 2 is 2.41 bits per heavy atom. The summed E-state index contributed by atoms with van der Waals surface area (Å²) >= 11 is 2.03. The lowest BCUT2D eigenvalue weighted by molar-refractivity contribution is 0.452. The van der Waals surface area contributed by atoms with E-state index < -0.39 is 0 Å². The summed E-state index contributed by atoms with van der Waals surface area (Å²) in [5.74, 6) is 2.51. The Morgan fingerprint density at radius 1 is 1.53 bits per heavy atom.